The predicted octanol–water partition coefficient (Wildman–Crippen LogP) is 3.34. The Hall–Kier alpha value is -3.14. The minimum atomic E-state index is -3.97. The average Bonchev–Trinajstić information content (AvgIpc) is 3.08. The number of ether oxygens (including phenoxy) is 2. The Labute approximate surface area is 175 Å². The first-order valence-electron chi connectivity index (χ1n) is 9.24. The van der Waals surface area contributed by atoms with Gasteiger partial charge in [-0.1, -0.05) is 17.3 Å². The van der Waals surface area contributed by atoms with Crippen molar-refractivity contribution >= 4 is 27.1 Å². The van der Waals surface area contributed by atoms with Crippen molar-refractivity contribution in [3.05, 3.63) is 48.0 Å². The first-order valence-corrected chi connectivity index (χ1v) is 10.8. The Morgan fingerprint density at radius 1 is 1.13 bits per heavy atom. The summed E-state index contributed by atoms with van der Waals surface area (Å²) in [5.41, 5.74) is 1.90. The Bertz CT molecular complexity index is 1160. The number of nitrogens with one attached hydrogen (secondary N) is 1. The normalized spacial score (nSPS) is 13.1. The quantitative estimate of drug-likeness (QED) is 0.658. The third-order valence-electron chi connectivity index (χ3n) is 4.35. The maximum absolute atomic E-state index is 12.5. The lowest BCUT2D eigenvalue weighted by Crippen LogP contribution is -2.38. The number of hydrogen-bond acceptors (Lipinski definition) is 7. The number of hydrogen-bond donors (Lipinski definition) is 1. The van der Waals surface area contributed by atoms with Crippen LogP contribution in [-0.4, -0.2) is 42.2 Å². The van der Waals surface area contributed by atoms with Crippen LogP contribution in [0, 0.1) is 0 Å². The molecule has 1 N–H and O–H groups in total. The molecule has 0 bridgehead atoms. The number of amides is 1. The zero-order valence-electron chi connectivity index (χ0n) is 17.4. The van der Waals surface area contributed by atoms with Crippen molar-refractivity contribution in [2.75, 3.05) is 7.11 Å². The van der Waals surface area contributed by atoms with Gasteiger partial charge in [0.05, 0.1) is 18.3 Å². The molecule has 2 aromatic carbocycles. The van der Waals surface area contributed by atoms with Gasteiger partial charge in [-0.25, -0.2) is 22.6 Å². The summed E-state index contributed by atoms with van der Waals surface area (Å²) in [6, 6.07) is 12.3. The first kappa shape index (κ1) is 21.6. The van der Waals surface area contributed by atoms with E-state index in [1.54, 1.807) is 62.9 Å². The third kappa shape index (κ3) is 4.70. The number of sulfonamides is 1. The third-order valence-corrected chi connectivity index (χ3v) is 6.00. The molecule has 1 aromatic heterocycles. The molecule has 0 saturated heterocycles. The van der Waals surface area contributed by atoms with E-state index in [0.29, 0.717) is 16.8 Å². The summed E-state index contributed by atoms with van der Waals surface area (Å²) >= 11 is 0. The summed E-state index contributed by atoms with van der Waals surface area (Å²) in [4.78, 5) is 11.8. The summed E-state index contributed by atoms with van der Waals surface area (Å²) in [7, 11) is -2.39. The Morgan fingerprint density at radius 2 is 1.80 bits per heavy atom. The maximum atomic E-state index is 12.5. The van der Waals surface area contributed by atoms with Gasteiger partial charge in [0.25, 0.3) is 0 Å². The van der Waals surface area contributed by atoms with E-state index in [0.717, 1.165) is 11.2 Å². The number of nitrogens with zero attached hydrogens (tertiary/aromatic N) is 3. The van der Waals surface area contributed by atoms with Gasteiger partial charge in [-0.15, -0.1) is 5.10 Å². The number of rotatable bonds is 5. The topological polar surface area (TPSA) is 112 Å². The molecular formula is C20H24N4O5S. The van der Waals surface area contributed by atoms with Gasteiger partial charge in [-0.2, -0.15) is 0 Å². The summed E-state index contributed by atoms with van der Waals surface area (Å²) in [5.74, 6) is 0.682. The molecule has 0 aliphatic rings. The second-order valence-electron chi connectivity index (χ2n) is 7.74. The molecule has 3 rings (SSSR count). The molecule has 0 unspecified atom stereocenters. The highest BCUT2D eigenvalue weighted by Crippen LogP contribution is 2.25. The fraction of sp³-hybridized carbons (Fsp3) is 0.350. The molecule has 0 saturated carbocycles. The molecule has 1 heterocycles. The minimum absolute atomic E-state index is 0.515. The Balaban J connectivity index is 1.80. The number of aromatic nitrogens is 3. The number of carbonyl (C=O) groups is 1. The number of fused-ring (bicyclic) bond motifs is 1. The molecule has 3 aromatic rings. The first-order chi connectivity index (χ1) is 14.0. The lowest BCUT2D eigenvalue weighted by Gasteiger charge is -2.21. The molecular weight excluding hydrogens is 408 g/mol. The molecule has 0 spiro atoms. The van der Waals surface area contributed by atoms with Crippen LogP contribution in [0.15, 0.2) is 42.5 Å². The second kappa shape index (κ2) is 7.94. The van der Waals surface area contributed by atoms with Crippen LogP contribution < -0.4 is 9.46 Å². The zero-order valence-corrected chi connectivity index (χ0v) is 18.2. The van der Waals surface area contributed by atoms with Crippen LogP contribution in [0.4, 0.5) is 4.79 Å². The molecule has 30 heavy (non-hydrogen) atoms. The largest absolute Gasteiger partial charge is 0.497 e. The van der Waals surface area contributed by atoms with Gasteiger partial charge in [0, 0.05) is 6.07 Å². The molecule has 0 aliphatic carbocycles. The van der Waals surface area contributed by atoms with E-state index in [2.05, 4.69) is 10.3 Å². The van der Waals surface area contributed by atoms with Crippen LogP contribution in [0.2, 0.25) is 0 Å². The zero-order chi connectivity index (χ0) is 22.1. The van der Waals surface area contributed by atoms with E-state index in [4.69, 9.17) is 9.47 Å². The highest BCUT2D eigenvalue weighted by atomic mass is 32.2. The molecule has 1 atom stereocenters. The van der Waals surface area contributed by atoms with Crippen LogP contribution >= 0.6 is 0 Å². The summed E-state index contributed by atoms with van der Waals surface area (Å²) in [6.45, 7) is 6.47. The van der Waals surface area contributed by atoms with Crippen molar-refractivity contribution in [3.63, 3.8) is 0 Å². The van der Waals surface area contributed by atoms with Crippen LogP contribution in [0.5, 0.6) is 5.75 Å². The fourth-order valence-corrected chi connectivity index (χ4v) is 3.76. The highest BCUT2D eigenvalue weighted by molar-refractivity contribution is 7.90. The summed E-state index contributed by atoms with van der Waals surface area (Å²) < 4.78 is 38.9. The van der Waals surface area contributed by atoms with Crippen LogP contribution in [0.3, 0.4) is 0 Å². The fourth-order valence-electron chi connectivity index (χ4n) is 2.79. The van der Waals surface area contributed by atoms with Gasteiger partial charge in [0.2, 0.25) is 10.0 Å². The lowest BCUT2D eigenvalue weighted by molar-refractivity contribution is 0.0569. The van der Waals surface area contributed by atoms with Crippen molar-refractivity contribution in [2.24, 2.45) is 0 Å². The predicted molar refractivity (Wildman–Crippen MR) is 112 cm³/mol. The maximum Gasteiger partial charge on any atom is 0.421 e. The van der Waals surface area contributed by atoms with E-state index < -0.39 is 27.0 Å². The van der Waals surface area contributed by atoms with E-state index in [1.807, 2.05) is 16.9 Å². The van der Waals surface area contributed by atoms with Crippen molar-refractivity contribution in [1.82, 2.24) is 19.7 Å². The van der Waals surface area contributed by atoms with E-state index in [1.165, 1.54) is 6.92 Å². The van der Waals surface area contributed by atoms with Crippen LogP contribution in [0.1, 0.15) is 38.5 Å². The Kier molecular flexibility index (Phi) is 5.71. The molecule has 9 nitrogen and oxygen atoms in total. The van der Waals surface area contributed by atoms with E-state index in [9.17, 15) is 13.2 Å². The van der Waals surface area contributed by atoms with Gasteiger partial charge >= 0.3 is 6.09 Å². The number of carbonyl (C=O) groups excluding carboxylic acids is 1. The van der Waals surface area contributed by atoms with Crippen LogP contribution in [-0.2, 0) is 14.8 Å². The van der Waals surface area contributed by atoms with Gasteiger partial charge in [-0.05, 0) is 57.5 Å². The number of methoxy groups -OCH3 is 1. The van der Waals surface area contributed by atoms with Gasteiger partial charge < -0.3 is 9.47 Å². The smallest absolute Gasteiger partial charge is 0.421 e. The van der Waals surface area contributed by atoms with Gasteiger partial charge in [0.15, 0.2) is 0 Å². The van der Waals surface area contributed by atoms with E-state index >= 15 is 0 Å². The van der Waals surface area contributed by atoms with Crippen molar-refractivity contribution < 1.29 is 22.7 Å². The summed E-state index contributed by atoms with van der Waals surface area (Å²) in [5, 5.41) is 7.33. The highest BCUT2D eigenvalue weighted by Gasteiger charge is 2.27. The summed E-state index contributed by atoms with van der Waals surface area (Å²) in [6.07, 6.45) is -1.00. The van der Waals surface area contributed by atoms with Crippen molar-refractivity contribution in [1.29, 1.82) is 0 Å². The lowest BCUT2D eigenvalue weighted by atomic mass is 10.1. The van der Waals surface area contributed by atoms with Gasteiger partial charge in [-0.3, -0.25) is 0 Å². The van der Waals surface area contributed by atoms with Crippen LogP contribution in [0.25, 0.3) is 16.7 Å². The van der Waals surface area contributed by atoms with Gasteiger partial charge in [0.1, 0.15) is 22.1 Å². The van der Waals surface area contributed by atoms with E-state index in [-0.39, 0.29) is 0 Å². The molecule has 0 radical (unpaired) electrons. The second-order valence-corrected chi connectivity index (χ2v) is 9.74. The molecule has 10 heteroatoms. The average molecular weight is 433 g/mol. The number of benzene rings is 2. The SMILES string of the molecule is COc1ccc2c(c1)nnn2-c1ccc([C@H](C)S(=O)(=O)NC(=O)OC(C)(C)C)cc1. The van der Waals surface area contributed by atoms with Crippen molar-refractivity contribution in [2.45, 2.75) is 38.5 Å². The molecule has 1 amide bonds. The minimum Gasteiger partial charge on any atom is -0.497 e. The standard InChI is InChI=1S/C20H24N4O5S/c1-13(30(26,27)22-19(25)29-20(2,3)4)14-6-8-15(9-7-14)24-18-11-10-16(28-5)12-17(18)21-23-24/h6-13H,1-5H3,(H,22,25)/t13-/m0/s1. The van der Waals surface area contributed by atoms with Crippen molar-refractivity contribution in [3.8, 4) is 11.4 Å². The molecule has 0 aliphatic heterocycles. The monoisotopic (exact) mass is 432 g/mol. The molecule has 0 fully saturated rings. The molecule has 160 valence electrons. The Morgan fingerprint density at radius 3 is 2.40 bits per heavy atom.